The number of anilines is 1. The third kappa shape index (κ3) is 4.50. The van der Waals surface area contributed by atoms with E-state index in [1.807, 2.05) is 23.1 Å². The molecular formula is C20H23FN2O2. The second kappa shape index (κ2) is 8.01. The van der Waals surface area contributed by atoms with E-state index in [2.05, 4.69) is 12.2 Å². The van der Waals surface area contributed by atoms with Gasteiger partial charge in [-0.25, -0.2) is 4.39 Å². The molecule has 1 N–H and O–H groups in total. The third-order valence-corrected chi connectivity index (χ3v) is 4.46. The van der Waals surface area contributed by atoms with Crippen LogP contribution in [0.5, 0.6) is 11.5 Å². The molecule has 25 heavy (non-hydrogen) atoms. The lowest BCUT2D eigenvalue weighted by Crippen LogP contribution is -2.44. The average molecular weight is 342 g/mol. The Morgan fingerprint density at radius 1 is 1.24 bits per heavy atom. The molecule has 1 atom stereocenters. The van der Waals surface area contributed by atoms with E-state index in [-0.39, 0.29) is 18.3 Å². The van der Waals surface area contributed by atoms with Crippen LogP contribution in [0.25, 0.3) is 0 Å². The molecule has 1 amide bonds. The Morgan fingerprint density at radius 2 is 2.08 bits per heavy atom. The number of para-hydroxylation sites is 2. The Morgan fingerprint density at radius 3 is 2.88 bits per heavy atom. The lowest BCUT2D eigenvalue weighted by molar-refractivity contribution is -0.132. The van der Waals surface area contributed by atoms with Crippen molar-refractivity contribution in [2.24, 2.45) is 0 Å². The van der Waals surface area contributed by atoms with Gasteiger partial charge < -0.3 is 15.0 Å². The van der Waals surface area contributed by atoms with Gasteiger partial charge >= 0.3 is 0 Å². The van der Waals surface area contributed by atoms with E-state index in [1.165, 1.54) is 18.6 Å². The van der Waals surface area contributed by atoms with Crippen molar-refractivity contribution in [3.05, 3.63) is 54.3 Å². The quantitative estimate of drug-likeness (QED) is 0.874. The number of benzene rings is 2. The van der Waals surface area contributed by atoms with Gasteiger partial charge in [0.2, 0.25) is 5.91 Å². The Labute approximate surface area is 147 Å². The van der Waals surface area contributed by atoms with Crippen molar-refractivity contribution >= 4 is 11.6 Å². The summed E-state index contributed by atoms with van der Waals surface area (Å²) < 4.78 is 19.1. The number of ether oxygens (including phenoxy) is 1. The molecule has 1 saturated heterocycles. The number of hydrogen-bond donors (Lipinski definition) is 1. The maximum absolute atomic E-state index is 13.3. The molecule has 0 aliphatic carbocycles. The minimum absolute atomic E-state index is 0.0905. The van der Waals surface area contributed by atoms with Crippen LogP contribution in [0, 0.1) is 5.82 Å². The first-order valence-electron chi connectivity index (χ1n) is 8.69. The fourth-order valence-corrected chi connectivity index (χ4v) is 3.10. The summed E-state index contributed by atoms with van der Waals surface area (Å²) in [5.74, 6) is 0.725. The van der Waals surface area contributed by atoms with Crippen molar-refractivity contribution in [1.29, 1.82) is 0 Å². The van der Waals surface area contributed by atoms with Crippen LogP contribution in [0.15, 0.2) is 48.5 Å². The molecule has 3 rings (SSSR count). The summed E-state index contributed by atoms with van der Waals surface area (Å²) in [6, 6.07) is 13.6. The highest BCUT2D eigenvalue weighted by atomic mass is 19.1. The molecular weight excluding hydrogens is 319 g/mol. The lowest BCUT2D eigenvalue weighted by atomic mass is 10.0. The molecule has 0 saturated carbocycles. The molecule has 0 aromatic heterocycles. The molecule has 0 radical (unpaired) electrons. The van der Waals surface area contributed by atoms with Crippen LogP contribution in [-0.4, -0.2) is 29.9 Å². The molecule has 2 aromatic rings. The molecule has 1 aliphatic rings. The lowest BCUT2D eigenvalue weighted by Gasteiger charge is -2.33. The van der Waals surface area contributed by atoms with Gasteiger partial charge in [-0.3, -0.25) is 4.79 Å². The molecule has 0 bridgehead atoms. The number of hydrogen-bond acceptors (Lipinski definition) is 3. The number of piperidine rings is 1. The smallest absolute Gasteiger partial charge is 0.242 e. The Kier molecular flexibility index (Phi) is 5.53. The number of carbonyl (C=O) groups is 1. The monoisotopic (exact) mass is 342 g/mol. The topological polar surface area (TPSA) is 41.6 Å². The number of nitrogens with zero attached hydrogens (tertiary/aromatic N) is 1. The van der Waals surface area contributed by atoms with Crippen LogP contribution < -0.4 is 10.1 Å². The van der Waals surface area contributed by atoms with Gasteiger partial charge in [-0.2, -0.15) is 0 Å². The first-order valence-corrected chi connectivity index (χ1v) is 8.69. The molecule has 1 fully saturated rings. The highest BCUT2D eigenvalue weighted by Gasteiger charge is 2.22. The van der Waals surface area contributed by atoms with Gasteiger partial charge in [0.1, 0.15) is 11.6 Å². The van der Waals surface area contributed by atoms with E-state index in [9.17, 15) is 9.18 Å². The summed E-state index contributed by atoms with van der Waals surface area (Å²) in [7, 11) is 0. The van der Waals surface area contributed by atoms with Gasteiger partial charge in [-0.1, -0.05) is 18.2 Å². The van der Waals surface area contributed by atoms with Gasteiger partial charge in [-0.05, 0) is 50.5 Å². The van der Waals surface area contributed by atoms with Crippen molar-refractivity contribution < 1.29 is 13.9 Å². The maximum Gasteiger partial charge on any atom is 0.242 e. The number of likely N-dealkylation sites (tertiary alicyclic amines) is 1. The molecule has 4 nitrogen and oxygen atoms in total. The zero-order chi connectivity index (χ0) is 17.6. The predicted molar refractivity (Wildman–Crippen MR) is 96.4 cm³/mol. The maximum atomic E-state index is 13.3. The summed E-state index contributed by atoms with van der Waals surface area (Å²) >= 11 is 0. The zero-order valence-electron chi connectivity index (χ0n) is 14.4. The normalized spacial score (nSPS) is 17.2. The SMILES string of the molecule is CC1CCCCN1C(=O)CNc1ccccc1Oc1cccc(F)c1. The van der Waals surface area contributed by atoms with E-state index in [0.717, 1.165) is 19.4 Å². The predicted octanol–water partition coefficient (Wildman–Crippen LogP) is 4.43. The van der Waals surface area contributed by atoms with Gasteiger partial charge in [0, 0.05) is 18.7 Å². The Bertz CT molecular complexity index is 735. The van der Waals surface area contributed by atoms with E-state index in [0.29, 0.717) is 23.2 Å². The zero-order valence-corrected chi connectivity index (χ0v) is 14.4. The molecule has 5 heteroatoms. The third-order valence-electron chi connectivity index (χ3n) is 4.46. The number of nitrogens with one attached hydrogen (secondary N) is 1. The second-order valence-corrected chi connectivity index (χ2v) is 6.34. The standard InChI is InChI=1S/C20H23FN2O2/c1-15-7-4-5-12-23(15)20(24)14-22-18-10-2-3-11-19(18)25-17-9-6-8-16(21)13-17/h2-3,6,8-11,13,15,22H,4-5,7,12,14H2,1H3. The second-order valence-electron chi connectivity index (χ2n) is 6.34. The molecule has 1 unspecified atom stereocenters. The number of amides is 1. The molecule has 1 aliphatic heterocycles. The highest BCUT2D eigenvalue weighted by Crippen LogP contribution is 2.29. The van der Waals surface area contributed by atoms with Crippen molar-refractivity contribution in [3.63, 3.8) is 0 Å². The fourth-order valence-electron chi connectivity index (χ4n) is 3.10. The van der Waals surface area contributed by atoms with Crippen LogP contribution in [0.4, 0.5) is 10.1 Å². The van der Waals surface area contributed by atoms with E-state index < -0.39 is 0 Å². The van der Waals surface area contributed by atoms with E-state index in [1.54, 1.807) is 18.2 Å². The first-order chi connectivity index (χ1) is 12.1. The van der Waals surface area contributed by atoms with Gasteiger partial charge in [0.15, 0.2) is 5.75 Å². The summed E-state index contributed by atoms with van der Waals surface area (Å²) in [5.41, 5.74) is 0.713. The van der Waals surface area contributed by atoms with Gasteiger partial charge in [0.25, 0.3) is 0 Å². The molecule has 132 valence electrons. The van der Waals surface area contributed by atoms with Crippen molar-refractivity contribution in [2.75, 3.05) is 18.4 Å². The number of halogens is 1. The minimum atomic E-state index is -0.350. The summed E-state index contributed by atoms with van der Waals surface area (Å²) in [4.78, 5) is 14.4. The van der Waals surface area contributed by atoms with Crippen LogP contribution >= 0.6 is 0 Å². The Hall–Kier alpha value is -2.56. The number of carbonyl (C=O) groups excluding carboxylic acids is 1. The molecule has 2 aromatic carbocycles. The fraction of sp³-hybridized carbons (Fsp3) is 0.350. The van der Waals surface area contributed by atoms with Gasteiger partial charge in [0.05, 0.1) is 12.2 Å². The van der Waals surface area contributed by atoms with Crippen molar-refractivity contribution in [2.45, 2.75) is 32.2 Å². The number of rotatable bonds is 5. The average Bonchev–Trinajstić information content (AvgIpc) is 2.61. The Balaban J connectivity index is 1.65. The van der Waals surface area contributed by atoms with E-state index >= 15 is 0 Å². The van der Waals surface area contributed by atoms with Crippen molar-refractivity contribution in [3.8, 4) is 11.5 Å². The van der Waals surface area contributed by atoms with E-state index in [4.69, 9.17) is 4.74 Å². The van der Waals surface area contributed by atoms with Crippen molar-refractivity contribution in [1.82, 2.24) is 4.90 Å². The van der Waals surface area contributed by atoms with Crippen LogP contribution in [0.3, 0.4) is 0 Å². The first kappa shape index (κ1) is 17.3. The highest BCUT2D eigenvalue weighted by molar-refractivity contribution is 5.81. The van der Waals surface area contributed by atoms with Crippen LogP contribution in [0.2, 0.25) is 0 Å². The molecule has 1 heterocycles. The van der Waals surface area contributed by atoms with Crippen LogP contribution in [-0.2, 0) is 4.79 Å². The summed E-state index contributed by atoms with van der Waals surface area (Å²) in [5, 5.41) is 3.16. The summed E-state index contributed by atoms with van der Waals surface area (Å²) in [6.45, 7) is 3.13. The van der Waals surface area contributed by atoms with Gasteiger partial charge in [-0.15, -0.1) is 0 Å². The van der Waals surface area contributed by atoms with Crippen LogP contribution in [0.1, 0.15) is 26.2 Å². The largest absolute Gasteiger partial charge is 0.455 e. The minimum Gasteiger partial charge on any atom is -0.455 e. The molecule has 0 spiro atoms. The summed E-state index contributed by atoms with van der Waals surface area (Å²) in [6.07, 6.45) is 3.31.